The summed E-state index contributed by atoms with van der Waals surface area (Å²) in [6.45, 7) is 1.35. The number of sulfonamides is 1. The molecule has 112 valence electrons. The molecule has 1 heterocycles. The van der Waals surface area contributed by atoms with Crippen LogP contribution >= 0.6 is 0 Å². The second-order valence-electron chi connectivity index (χ2n) is 5.19. The normalized spacial score (nSPS) is 17.7. The largest absolute Gasteiger partial charge is 0.396 e. The van der Waals surface area contributed by atoms with Gasteiger partial charge in [0.2, 0.25) is 10.0 Å². The average molecular weight is 299 g/mol. The molecule has 1 aliphatic heterocycles. The first-order valence-electron chi connectivity index (χ1n) is 6.58. The Morgan fingerprint density at radius 3 is 2.45 bits per heavy atom. The number of nitrogen functional groups attached to an aromatic ring is 1. The summed E-state index contributed by atoms with van der Waals surface area (Å²) in [6.07, 6.45) is 1.06. The van der Waals surface area contributed by atoms with Crippen molar-refractivity contribution in [2.45, 2.75) is 23.8 Å². The smallest absolute Gasteiger partial charge is 0.244 e. The molecular formula is C13H21N3O3S. The number of piperidine rings is 1. The van der Waals surface area contributed by atoms with Gasteiger partial charge in [0.25, 0.3) is 0 Å². The summed E-state index contributed by atoms with van der Waals surface area (Å²) in [5.74, 6) is 0. The summed E-state index contributed by atoms with van der Waals surface area (Å²) < 4.78 is 25.6. The van der Waals surface area contributed by atoms with E-state index in [0.29, 0.717) is 25.9 Å². The highest BCUT2D eigenvalue weighted by atomic mass is 32.2. The molecule has 2 rings (SSSR count). The van der Waals surface area contributed by atoms with Crippen molar-refractivity contribution in [1.29, 1.82) is 0 Å². The van der Waals surface area contributed by atoms with Crippen molar-refractivity contribution >= 4 is 21.4 Å². The van der Waals surface area contributed by atoms with Crippen molar-refractivity contribution in [1.82, 2.24) is 4.31 Å². The number of nitrogens with zero attached hydrogens (tertiary/aromatic N) is 2. The van der Waals surface area contributed by atoms with Gasteiger partial charge >= 0.3 is 0 Å². The molecule has 0 spiro atoms. The van der Waals surface area contributed by atoms with Gasteiger partial charge in [-0.2, -0.15) is 0 Å². The Kier molecular flexibility index (Phi) is 4.22. The fraction of sp³-hybridized carbons (Fsp3) is 0.538. The molecule has 7 heteroatoms. The molecule has 1 saturated heterocycles. The zero-order valence-electron chi connectivity index (χ0n) is 11.8. The molecule has 0 radical (unpaired) electrons. The molecule has 1 aromatic carbocycles. The van der Waals surface area contributed by atoms with Crippen molar-refractivity contribution in [2.24, 2.45) is 0 Å². The van der Waals surface area contributed by atoms with Gasteiger partial charge in [0.1, 0.15) is 4.90 Å². The van der Waals surface area contributed by atoms with Gasteiger partial charge in [-0.25, -0.2) is 12.7 Å². The molecule has 0 unspecified atom stereocenters. The van der Waals surface area contributed by atoms with Crippen LogP contribution in [-0.2, 0) is 10.0 Å². The standard InChI is InChI=1S/C13H21N3O3S/c1-15(2)20(18,19)12-5-3-4-11(13(12)14)16-8-6-10(17)7-9-16/h3-5,10,17H,6-9,14H2,1-2H3. The topological polar surface area (TPSA) is 86.9 Å². The van der Waals surface area contributed by atoms with Crippen LogP contribution in [0.3, 0.4) is 0 Å². The van der Waals surface area contributed by atoms with Crippen LogP contribution in [0, 0.1) is 0 Å². The summed E-state index contributed by atoms with van der Waals surface area (Å²) in [7, 11) is -0.578. The molecule has 0 bridgehead atoms. The van der Waals surface area contributed by atoms with Crippen LogP contribution in [0.25, 0.3) is 0 Å². The van der Waals surface area contributed by atoms with Gasteiger partial charge in [0.05, 0.1) is 17.5 Å². The maximum Gasteiger partial charge on any atom is 0.244 e. The number of aliphatic hydroxyl groups is 1. The molecule has 0 amide bonds. The number of hydrogen-bond donors (Lipinski definition) is 2. The molecule has 0 atom stereocenters. The molecule has 3 N–H and O–H groups in total. The Morgan fingerprint density at radius 2 is 1.90 bits per heavy atom. The lowest BCUT2D eigenvalue weighted by molar-refractivity contribution is 0.145. The summed E-state index contributed by atoms with van der Waals surface area (Å²) in [5.41, 5.74) is 7.06. The van der Waals surface area contributed by atoms with Crippen molar-refractivity contribution in [3.63, 3.8) is 0 Å². The Balaban J connectivity index is 2.38. The number of anilines is 2. The highest BCUT2D eigenvalue weighted by Crippen LogP contribution is 2.32. The lowest BCUT2D eigenvalue weighted by atomic mass is 10.1. The molecule has 0 aliphatic carbocycles. The van der Waals surface area contributed by atoms with Crippen molar-refractivity contribution in [3.05, 3.63) is 18.2 Å². The van der Waals surface area contributed by atoms with Gasteiger partial charge in [0, 0.05) is 27.2 Å². The minimum atomic E-state index is -3.55. The van der Waals surface area contributed by atoms with Crippen molar-refractivity contribution < 1.29 is 13.5 Å². The van der Waals surface area contributed by atoms with E-state index in [1.807, 2.05) is 11.0 Å². The first-order valence-corrected chi connectivity index (χ1v) is 8.02. The number of para-hydroxylation sites is 1. The zero-order chi connectivity index (χ0) is 14.9. The Bertz CT molecular complexity index is 579. The van der Waals surface area contributed by atoms with Gasteiger partial charge in [-0.05, 0) is 25.0 Å². The Labute approximate surface area is 119 Å². The van der Waals surface area contributed by atoms with Gasteiger partial charge in [-0.3, -0.25) is 0 Å². The number of hydrogen-bond acceptors (Lipinski definition) is 5. The van der Waals surface area contributed by atoms with E-state index >= 15 is 0 Å². The molecule has 0 aromatic heterocycles. The van der Waals surface area contributed by atoms with Crippen LogP contribution in [0.1, 0.15) is 12.8 Å². The summed E-state index contributed by atoms with van der Waals surface area (Å²) in [6, 6.07) is 5.04. The minimum absolute atomic E-state index is 0.131. The monoisotopic (exact) mass is 299 g/mol. The van der Waals surface area contributed by atoms with Crippen LogP contribution in [0.5, 0.6) is 0 Å². The molecule has 20 heavy (non-hydrogen) atoms. The number of nitrogens with two attached hydrogens (primary N) is 1. The molecule has 0 saturated carbocycles. The summed E-state index contributed by atoms with van der Waals surface area (Å²) >= 11 is 0. The van der Waals surface area contributed by atoms with E-state index in [-0.39, 0.29) is 16.7 Å². The molecular weight excluding hydrogens is 278 g/mol. The van der Waals surface area contributed by atoms with E-state index in [1.165, 1.54) is 20.2 Å². The van der Waals surface area contributed by atoms with Gasteiger partial charge < -0.3 is 15.7 Å². The van der Waals surface area contributed by atoms with E-state index in [4.69, 9.17) is 5.73 Å². The lowest BCUT2D eigenvalue weighted by Crippen LogP contribution is -2.36. The van der Waals surface area contributed by atoms with E-state index in [0.717, 1.165) is 9.99 Å². The van der Waals surface area contributed by atoms with Crippen LogP contribution < -0.4 is 10.6 Å². The van der Waals surface area contributed by atoms with Crippen LogP contribution in [0.2, 0.25) is 0 Å². The average Bonchev–Trinajstić information content (AvgIpc) is 2.40. The third-order valence-corrected chi connectivity index (χ3v) is 5.48. The fourth-order valence-electron chi connectivity index (χ4n) is 2.34. The lowest BCUT2D eigenvalue weighted by Gasteiger charge is -2.32. The quantitative estimate of drug-likeness (QED) is 0.793. The summed E-state index contributed by atoms with van der Waals surface area (Å²) in [4.78, 5) is 2.16. The number of rotatable bonds is 3. The fourth-order valence-corrected chi connectivity index (χ4v) is 3.36. The van der Waals surface area contributed by atoms with Gasteiger partial charge in [-0.15, -0.1) is 0 Å². The first kappa shape index (κ1) is 15.1. The predicted octanol–water partition coefficient (Wildman–Crippen LogP) is 0.480. The second-order valence-corrected chi connectivity index (χ2v) is 7.31. The van der Waals surface area contributed by atoms with Crippen LogP contribution in [-0.4, -0.2) is 51.1 Å². The highest BCUT2D eigenvalue weighted by Gasteiger charge is 2.25. The Hall–Kier alpha value is -1.31. The van der Waals surface area contributed by atoms with E-state index in [2.05, 4.69) is 0 Å². The predicted molar refractivity (Wildman–Crippen MR) is 79.2 cm³/mol. The SMILES string of the molecule is CN(C)S(=O)(=O)c1cccc(N2CCC(O)CC2)c1N. The third kappa shape index (κ3) is 2.74. The molecule has 1 fully saturated rings. The molecule has 6 nitrogen and oxygen atoms in total. The molecule has 1 aliphatic rings. The number of aliphatic hydroxyl groups excluding tert-OH is 1. The van der Waals surface area contributed by atoms with Crippen LogP contribution in [0.15, 0.2) is 23.1 Å². The minimum Gasteiger partial charge on any atom is -0.396 e. The van der Waals surface area contributed by atoms with E-state index in [9.17, 15) is 13.5 Å². The highest BCUT2D eigenvalue weighted by molar-refractivity contribution is 7.89. The third-order valence-electron chi connectivity index (χ3n) is 3.61. The first-order chi connectivity index (χ1) is 9.34. The number of benzene rings is 1. The Morgan fingerprint density at radius 1 is 1.30 bits per heavy atom. The van der Waals surface area contributed by atoms with E-state index in [1.54, 1.807) is 6.07 Å². The van der Waals surface area contributed by atoms with E-state index < -0.39 is 10.0 Å². The van der Waals surface area contributed by atoms with Gasteiger partial charge in [0.15, 0.2) is 0 Å². The van der Waals surface area contributed by atoms with Crippen molar-refractivity contribution in [3.8, 4) is 0 Å². The maximum atomic E-state index is 12.2. The van der Waals surface area contributed by atoms with Crippen LogP contribution in [0.4, 0.5) is 11.4 Å². The van der Waals surface area contributed by atoms with Crippen molar-refractivity contribution in [2.75, 3.05) is 37.8 Å². The molecule has 1 aromatic rings. The van der Waals surface area contributed by atoms with Gasteiger partial charge in [-0.1, -0.05) is 6.07 Å². The second kappa shape index (κ2) is 5.59. The maximum absolute atomic E-state index is 12.2. The zero-order valence-corrected chi connectivity index (χ0v) is 12.6. The summed E-state index contributed by atoms with van der Waals surface area (Å²) in [5, 5.41) is 9.54.